The number of nitrogen functional groups attached to an aromatic ring is 1. The molecule has 0 heterocycles. The summed E-state index contributed by atoms with van der Waals surface area (Å²) in [5.41, 5.74) is 3.66. The van der Waals surface area contributed by atoms with Gasteiger partial charge < -0.3 is 5.43 Å². The first-order valence-corrected chi connectivity index (χ1v) is 3.68. The van der Waals surface area contributed by atoms with Crippen LogP contribution in [-0.2, 0) is 0 Å². The second-order valence-corrected chi connectivity index (χ2v) is 2.42. The second-order valence-electron chi connectivity index (χ2n) is 2.42. The number of hydrazine groups is 1. The highest BCUT2D eigenvalue weighted by molar-refractivity contribution is 5.55. The van der Waals surface area contributed by atoms with Crippen LogP contribution >= 0.6 is 0 Å². The van der Waals surface area contributed by atoms with E-state index >= 15 is 0 Å². The molecule has 0 unspecified atom stereocenters. The van der Waals surface area contributed by atoms with Crippen molar-refractivity contribution in [3.63, 3.8) is 0 Å². The molecule has 0 aliphatic rings. The molecule has 0 atom stereocenters. The number of anilines is 1. The molecule has 0 radical (unpaired) electrons. The summed E-state index contributed by atoms with van der Waals surface area (Å²) >= 11 is 0. The van der Waals surface area contributed by atoms with Gasteiger partial charge in [0, 0.05) is 5.56 Å². The van der Waals surface area contributed by atoms with Gasteiger partial charge in [-0.15, -0.1) is 0 Å². The van der Waals surface area contributed by atoms with Crippen LogP contribution in [0.2, 0.25) is 0 Å². The van der Waals surface area contributed by atoms with E-state index in [1.54, 1.807) is 24.3 Å². The number of rotatable bonds is 2. The van der Waals surface area contributed by atoms with Gasteiger partial charge in [-0.2, -0.15) is 10.5 Å². The zero-order valence-electron chi connectivity index (χ0n) is 6.86. The van der Waals surface area contributed by atoms with Gasteiger partial charge in [-0.05, 0) is 6.07 Å². The molecule has 0 aliphatic carbocycles. The topological polar surface area (TPSA) is 85.6 Å². The molecule has 64 valence electrons. The Hall–Kier alpha value is -2.04. The van der Waals surface area contributed by atoms with Crippen molar-refractivity contribution in [2.24, 2.45) is 5.84 Å². The predicted molar refractivity (Wildman–Crippen MR) is 48.2 cm³/mol. The summed E-state index contributed by atoms with van der Waals surface area (Å²) in [6.45, 7) is 0. The Morgan fingerprint density at radius 1 is 1.23 bits per heavy atom. The van der Waals surface area contributed by atoms with Crippen molar-refractivity contribution in [3.05, 3.63) is 29.8 Å². The number of benzene rings is 1. The van der Waals surface area contributed by atoms with Gasteiger partial charge in [0.25, 0.3) is 0 Å². The average Bonchev–Trinajstić information content (AvgIpc) is 2.20. The van der Waals surface area contributed by atoms with Gasteiger partial charge in [-0.25, -0.2) is 0 Å². The Morgan fingerprint density at radius 2 is 1.85 bits per heavy atom. The molecule has 13 heavy (non-hydrogen) atoms. The number of nitrogens with two attached hydrogens (primary N) is 1. The first kappa shape index (κ1) is 9.05. The molecule has 4 nitrogen and oxygen atoms in total. The van der Waals surface area contributed by atoms with Crippen LogP contribution in [-0.4, -0.2) is 0 Å². The van der Waals surface area contributed by atoms with Crippen LogP contribution < -0.4 is 11.3 Å². The van der Waals surface area contributed by atoms with Crippen LogP contribution in [0.25, 0.3) is 0 Å². The molecule has 0 aliphatic heterocycles. The molecule has 0 saturated carbocycles. The Bertz CT molecular complexity index is 358. The SMILES string of the molecule is N#CC(C#N)c1ccccc1NN. The molecular weight excluding hydrogens is 164 g/mol. The molecule has 3 N–H and O–H groups in total. The van der Waals surface area contributed by atoms with Gasteiger partial charge in [-0.1, -0.05) is 18.2 Å². The lowest BCUT2D eigenvalue weighted by molar-refractivity contribution is 1.09. The summed E-state index contributed by atoms with van der Waals surface area (Å²) in [5.74, 6) is 4.46. The van der Waals surface area contributed by atoms with Crippen molar-refractivity contribution in [3.8, 4) is 12.1 Å². The molecule has 0 saturated heterocycles. The minimum Gasteiger partial charge on any atom is -0.324 e. The van der Waals surface area contributed by atoms with Crippen molar-refractivity contribution >= 4 is 5.69 Å². The Kier molecular flexibility index (Phi) is 2.86. The lowest BCUT2D eigenvalue weighted by atomic mass is 10.0. The number of nitrogens with zero attached hydrogens (tertiary/aromatic N) is 2. The van der Waals surface area contributed by atoms with Gasteiger partial charge in [0.1, 0.15) is 0 Å². The molecule has 0 bridgehead atoms. The highest BCUT2D eigenvalue weighted by atomic mass is 15.2. The molecule has 0 aromatic heterocycles. The lowest BCUT2D eigenvalue weighted by Gasteiger charge is -2.07. The Morgan fingerprint density at radius 3 is 2.38 bits per heavy atom. The quantitative estimate of drug-likeness (QED) is 0.516. The monoisotopic (exact) mass is 172 g/mol. The first-order chi connectivity index (χ1) is 6.33. The van der Waals surface area contributed by atoms with Crippen molar-refractivity contribution in [2.75, 3.05) is 5.43 Å². The highest BCUT2D eigenvalue weighted by Crippen LogP contribution is 2.22. The molecule has 1 aromatic carbocycles. The first-order valence-electron chi connectivity index (χ1n) is 3.68. The van der Waals surface area contributed by atoms with E-state index in [0.717, 1.165) is 0 Å². The standard InChI is InChI=1S/C9H8N4/c10-5-7(6-11)8-3-1-2-4-9(8)13-12/h1-4,7,13H,12H2. The summed E-state index contributed by atoms with van der Waals surface area (Å²) in [6.07, 6.45) is 0. The third-order valence-corrected chi connectivity index (χ3v) is 1.69. The van der Waals surface area contributed by atoms with Crippen LogP contribution in [0.4, 0.5) is 5.69 Å². The average molecular weight is 172 g/mol. The largest absolute Gasteiger partial charge is 0.324 e. The van der Waals surface area contributed by atoms with E-state index in [2.05, 4.69) is 5.43 Å². The van der Waals surface area contributed by atoms with E-state index < -0.39 is 5.92 Å². The van der Waals surface area contributed by atoms with Crippen molar-refractivity contribution in [1.82, 2.24) is 0 Å². The maximum atomic E-state index is 8.66. The van der Waals surface area contributed by atoms with E-state index in [1.807, 2.05) is 12.1 Å². The molecule has 0 fully saturated rings. The van der Waals surface area contributed by atoms with Crippen molar-refractivity contribution in [1.29, 1.82) is 10.5 Å². The van der Waals surface area contributed by atoms with Crippen LogP contribution in [0, 0.1) is 22.7 Å². The molecule has 4 heteroatoms. The summed E-state index contributed by atoms with van der Waals surface area (Å²) in [6, 6.07) is 10.7. The molecular formula is C9H8N4. The molecule has 1 rings (SSSR count). The third kappa shape index (κ3) is 1.76. The van der Waals surface area contributed by atoms with Gasteiger partial charge in [0.2, 0.25) is 0 Å². The summed E-state index contributed by atoms with van der Waals surface area (Å²) < 4.78 is 0. The summed E-state index contributed by atoms with van der Waals surface area (Å²) in [5, 5.41) is 17.3. The number of para-hydroxylation sites is 1. The fraction of sp³-hybridized carbons (Fsp3) is 0.111. The minimum atomic E-state index is -0.771. The van der Waals surface area contributed by atoms with Gasteiger partial charge in [0.05, 0.1) is 17.8 Å². The zero-order valence-corrected chi connectivity index (χ0v) is 6.86. The zero-order chi connectivity index (χ0) is 9.68. The van der Waals surface area contributed by atoms with Gasteiger partial charge >= 0.3 is 0 Å². The van der Waals surface area contributed by atoms with E-state index in [9.17, 15) is 0 Å². The van der Waals surface area contributed by atoms with Crippen molar-refractivity contribution in [2.45, 2.75) is 5.92 Å². The highest BCUT2D eigenvalue weighted by Gasteiger charge is 2.12. The van der Waals surface area contributed by atoms with Crippen LogP contribution in [0.3, 0.4) is 0 Å². The van der Waals surface area contributed by atoms with Gasteiger partial charge in [-0.3, -0.25) is 5.84 Å². The Labute approximate surface area is 76.2 Å². The number of nitriles is 2. The van der Waals surface area contributed by atoms with E-state index in [1.165, 1.54) is 0 Å². The fourth-order valence-corrected chi connectivity index (χ4v) is 1.05. The number of hydrogen-bond donors (Lipinski definition) is 2. The summed E-state index contributed by atoms with van der Waals surface area (Å²) in [4.78, 5) is 0. The summed E-state index contributed by atoms with van der Waals surface area (Å²) in [7, 11) is 0. The van der Waals surface area contributed by atoms with E-state index in [-0.39, 0.29) is 0 Å². The molecule has 1 aromatic rings. The van der Waals surface area contributed by atoms with Crippen LogP contribution in [0.5, 0.6) is 0 Å². The maximum Gasteiger partial charge on any atom is 0.160 e. The van der Waals surface area contributed by atoms with Crippen LogP contribution in [0.1, 0.15) is 11.5 Å². The number of hydrogen-bond acceptors (Lipinski definition) is 4. The third-order valence-electron chi connectivity index (χ3n) is 1.69. The maximum absolute atomic E-state index is 8.66. The molecule has 0 amide bonds. The smallest absolute Gasteiger partial charge is 0.160 e. The van der Waals surface area contributed by atoms with Gasteiger partial charge in [0.15, 0.2) is 5.92 Å². The minimum absolute atomic E-state index is 0.606. The number of nitrogens with one attached hydrogen (secondary N) is 1. The Balaban J connectivity index is 3.15. The fourth-order valence-electron chi connectivity index (χ4n) is 1.05. The van der Waals surface area contributed by atoms with E-state index in [0.29, 0.717) is 11.3 Å². The van der Waals surface area contributed by atoms with E-state index in [4.69, 9.17) is 16.4 Å². The van der Waals surface area contributed by atoms with Crippen LogP contribution in [0.15, 0.2) is 24.3 Å². The molecule has 0 spiro atoms. The predicted octanol–water partition coefficient (Wildman–Crippen LogP) is 1.10. The van der Waals surface area contributed by atoms with Crippen molar-refractivity contribution < 1.29 is 0 Å². The second kappa shape index (κ2) is 4.10. The normalized spacial score (nSPS) is 8.92. The lowest BCUT2D eigenvalue weighted by Crippen LogP contribution is -2.10.